The molecule has 3 heterocycles. The number of fused-ring (bicyclic) bond motifs is 5. The van der Waals surface area contributed by atoms with Gasteiger partial charge < -0.3 is 0 Å². The first-order valence-corrected chi connectivity index (χ1v) is 9.03. The SMILES string of the molecule is C[C@H]1CCc2c(sc3ncn4nc(-c5cc(F)ccc5F)nc4c23)C1. The fourth-order valence-corrected chi connectivity index (χ4v) is 4.87. The number of hydrogen-bond donors (Lipinski definition) is 0. The summed E-state index contributed by atoms with van der Waals surface area (Å²) in [7, 11) is 0. The molecule has 0 saturated heterocycles. The van der Waals surface area contributed by atoms with Gasteiger partial charge in [-0.2, -0.15) is 0 Å². The van der Waals surface area contributed by atoms with Gasteiger partial charge in [0.15, 0.2) is 11.5 Å². The van der Waals surface area contributed by atoms with Gasteiger partial charge in [-0.1, -0.05) is 6.92 Å². The Morgan fingerprint density at radius 3 is 3.04 bits per heavy atom. The Hall–Kier alpha value is -2.41. The van der Waals surface area contributed by atoms with Crippen LogP contribution in [0.25, 0.3) is 27.3 Å². The lowest BCUT2D eigenvalue weighted by Gasteiger charge is -2.17. The van der Waals surface area contributed by atoms with Crippen LogP contribution in [0.1, 0.15) is 23.8 Å². The van der Waals surface area contributed by atoms with Crippen LogP contribution in [-0.2, 0) is 12.8 Å². The van der Waals surface area contributed by atoms with Gasteiger partial charge in [-0.3, -0.25) is 0 Å². The molecule has 0 unspecified atom stereocenters. The second-order valence-corrected chi connectivity index (χ2v) is 7.69. The average Bonchev–Trinajstić information content (AvgIpc) is 3.16. The Bertz CT molecular complexity index is 1130. The van der Waals surface area contributed by atoms with E-state index in [1.807, 2.05) is 0 Å². The third-order valence-electron chi connectivity index (χ3n) is 4.80. The summed E-state index contributed by atoms with van der Waals surface area (Å²) in [4.78, 5) is 11.3. The average molecular weight is 356 g/mol. The van der Waals surface area contributed by atoms with E-state index in [4.69, 9.17) is 0 Å². The standard InChI is InChI=1S/C18H14F2N4S/c1-9-2-4-11-14(6-9)25-18-15(11)17-22-16(23-24(17)8-21-18)12-7-10(19)3-5-13(12)20/h3,5,7-9H,2,4,6H2,1H3/t9-/m0/s1. The fourth-order valence-electron chi connectivity index (χ4n) is 3.52. The topological polar surface area (TPSA) is 43.1 Å². The molecular weight excluding hydrogens is 342 g/mol. The Balaban J connectivity index is 1.77. The zero-order valence-electron chi connectivity index (χ0n) is 13.5. The van der Waals surface area contributed by atoms with Gasteiger partial charge >= 0.3 is 0 Å². The van der Waals surface area contributed by atoms with Crippen LogP contribution in [0, 0.1) is 17.6 Å². The van der Waals surface area contributed by atoms with Crippen molar-refractivity contribution in [2.45, 2.75) is 26.2 Å². The van der Waals surface area contributed by atoms with Crippen molar-refractivity contribution >= 4 is 27.2 Å². The van der Waals surface area contributed by atoms with Crippen molar-refractivity contribution in [2.75, 3.05) is 0 Å². The van der Waals surface area contributed by atoms with Crippen LogP contribution < -0.4 is 0 Å². The van der Waals surface area contributed by atoms with Crippen molar-refractivity contribution in [2.24, 2.45) is 5.92 Å². The lowest BCUT2D eigenvalue weighted by Crippen LogP contribution is -2.08. The lowest BCUT2D eigenvalue weighted by atomic mass is 9.89. The van der Waals surface area contributed by atoms with E-state index in [9.17, 15) is 8.78 Å². The van der Waals surface area contributed by atoms with Crippen LogP contribution in [0.5, 0.6) is 0 Å². The lowest BCUT2D eigenvalue weighted by molar-refractivity contribution is 0.509. The molecule has 4 aromatic rings. The highest BCUT2D eigenvalue weighted by Gasteiger charge is 2.24. The molecule has 4 nitrogen and oxygen atoms in total. The van der Waals surface area contributed by atoms with E-state index in [0.717, 1.165) is 47.7 Å². The first-order chi connectivity index (χ1) is 12.1. The van der Waals surface area contributed by atoms with Crippen LogP contribution in [0.15, 0.2) is 24.5 Å². The van der Waals surface area contributed by atoms with Gasteiger partial charge in [-0.15, -0.1) is 16.4 Å². The molecule has 1 atom stereocenters. The van der Waals surface area contributed by atoms with Crippen molar-refractivity contribution < 1.29 is 8.78 Å². The van der Waals surface area contributed by atoms with Crippen molar-refractivity contribution in [3.63, 3.8) is 0 Å². The summed E-state index contributed by atoms with van der Waals surface area (Å²) in [6.07, 6.45) is 4.78. The summed E-state index contributed by atoms with van der Waals surface area (Å²) in [6.45, 7) is 2.26. The van der Waals surface area contributed by atoms with E-state index in [-0.39, 0.29) is 11.4 Å². The molecule has 0 aliphatic heterocycles. The van der Waals surface area contributed by atoms with Crippen LogP contribution in [0.2, 0.25) is 0 Å². The second-order valence-electron chi connectivity index (χ2n) is 6.60. The molecule has 0 radical (unpaired) electrons. The van der Waals surface area contributed by atoms with E-state index in [1.54, 1.807) is 22.2 Å². The van der Waals surface area contributed by atoms with E-state index in [2.05, 4.69) is 22.0 Å². The molecule has 3 aromatic heterocycles. The van der Waals surface area contributed by atoms with Crippen molar-refractivity contribution in [1.82, 2.24) is 19.6 Å². The second kappa shape index (κ2) is 5.29. The highest BCUT2D eigenvalue weighted by molar-refractivity contribution is 7.19. The van der Waals surface area contributed by atoms with E-state index in [0.29, 0.717) is 11.6 Å². The van der Waals surface area contributed by atoms with Gasteiger partial charge in [0.2, 0.25) is 0 Å². The molecule has 7 heteroatoms. The minimum absolute atomic E-state index is 0.0644. The first-order valence-electron chi connectivity index (χ1n) is 8.21. The fraction of sp³-hybridized carbons (Fsp3) is 0.278. The molecule has 1 aliphatic carbocycles. The molecule has 25 heavy (non-hydrogen) atoms. The van der Waals surface area contributed by atoms with E-state index in [1.165, 1.54) is 10.4 Å². The first kappa shape index (κ1) is 14.9. The molecule has 0 amide bonds. The molecule has 0 spiro atoms. The molecule has 1 aromatic carbocycles. The Labute approximate surface area is 146 Å². The van der Waals surface area contributed by atoms with E-state index < -0.39 is 11.6 Å². The van der Waals surface area contributed by atoms with Crippen LogP contribution in [0.4, 0.5) is 8.78 Å². The number of halogens is 2. The van der Waals surface area contributed by atoms with Gasteiger partial charge in [0, 0.05) is 4.88 Å². The highest BCUT2D eigenvalue weighted by Crippen LogP contribution is 2.38. The summed E-state index contributed by atoms with van der Waals surface area (Å²) < 4.78 is 29.2. The highest BCUT2D eigenvalue weighted by atomic mass is 32.1. The Morgan fingerprint density at radius 2 is 2.16 bits per heavy atom. The Kier molecular flexibility index (Phi) is 3.15. The maximum Gasteiger partial charge on any atom is 0.185 e. The molecule has 1 aliphatic rings. The zero-order valence-corrected chi connectivity index (χ0v) is 14.3. The summed E-state index contributed by atoms with van der Waals surface area (Å²) >= 11 is 1.70. The smallest absolute Gasteiger partial charge is 0.185 e. The van der Waals surface area contributed by atoms with Crippen molar-refractivity contribution in [3.05, 3.63) is 46.6 Å². The predicted molar refractivity (Wildman–Crippen MR) is 92.7 cm³/mol. The molecule has 0 saturated carbocycles. The minimum atomic E-state index is -0.539. The van der Waals surface area contributed by atoms with Gasteiger partial charge in [-0.25, -0.2) is 23.3 Å². The third kappa shape index (κ3) is 2.26. The minimum Gasteiger partial charge on any atom is -0.225 e. The number of rotatable bonds is 1. The summed E-state index contributed by atoms with van der Waals surface area (Å²) in [5, 5.41) is 5.32. The molecule has 0 bridgehead atoms. The summed E-state index contributed by atoms with van der Waals surface area (Å²) in [5.41, 5.74) is 2.01. The van der Waals surface area contributed by atoms with Gasteiger partial charge in [0.1, 0.15) is 22.8 Å². The number of aryl methyl sites for hydroxylation is 1. The van der Waals surface area contributed by atoms with Crippen molar-refractivity contribution in [3.8, 4) is 11.4 Å². The Morgan fingerprint density at radius 1 is 1.28 bits per heavy atom. The van der Waals surface area contributed by atoms with Gasteiger partial charge in [0.25, 0.3) is 0 Å². The molecule has 0 N–H and O–H groups in total. The van der Waals surface area contributed by atoms with Crippen LogP contribution in [0.3, 0.4) is 0 Å². The monoisotopic (exact) mass is 356 g/mol. The predicted octanol–water partition coefficient (Wildman–Crippen LogP) is 4.41. The number of thiophene rings is 1. The summed E-state index contributed by atoms with van der Waals surface area (Å²) in [6, 6.07) is 3.31. The number of nitrogens with zero attached hydrogens (tertiary/aromatic N) is 4. The quantitative estimate of drug-likeness (QED) is 0.507. The maximum absolute atomic E-state index is 14.1. The third-order valence-corrected chi connectivity index (χ3v) is 5.96. The normalized spacial score (nSPS) is 17.3. The molecule has 5 rings (SSSR count). The van der Waals surface area contributed by atoms with Gasteiger partial charge in [-0.05, 0) is 48.9 Å². The van der Waals surface area contributed by atoms with Crippen molar-refractivity contribution in [1.29, 1.82) is 0 Å². The van der Waals surface area contributed by atoms with E-state index >= 15 is 0 Å². The number of aromatic nitrogens is 4. The summed E-state index contributed by atoms with van der Waals surface area (Å²) in [5.74, 6) is -0.204. The van der Waals surface area contributed by atoms with Crippen LogP contribution >= 0.6 is 11.3 Å². The van der Waals surface area contributed by atoms with Gasteiger partial charge in [0.05, 0.1) is 10.9 Å². The molecular formula is C18H14F2N4S. The maximum atomic E-state index is 14.1. The van der Waals surface area contributed by atoms with Crippen LogP contribution in [-0.4, -0.2) is 19.6 Å². The molecule has 0 fully saturated rings. The largest absolute Gasteiger partial charge is 0.225 e. The number of hydrogen-bond acceptors (Lipinski definition) is 4. The molecule has 126 valence electrons. The number of benzene rings is 1. The zero-order chi connectivity index (χ0) is 17.1.